The number of nitrogens with zero attached hydrogens (tertiary/aromatic N) is 3. The van der Waals surface area contributed by atoms with Crippen molar-refractivity contribution in [2.24, 2.45) is 0 Å². The predicted molar refractivity (Wildman–Crippen MR) is 101 cm³/mol. The van der Waals surface area contributed by atoms with Gasteiger partial charge in [-0.25, -0.2) is 9.48 Å². The van der Waals surface area contributed by atoms with Crippen molar-refractivity contribution in [1.29, 1.82) is 0 Å². The van der Waals surface area contributed by atoms with Crippen LogP contribution >= 0.6 is 0 Å². The average molecular weight is 364 g/mol. The van der Waals surface area contributed by atoms with Gasteiger partial charge in [0.25, 0.3) is 0 Å². The number of amides is 1. The maximum absolute atomic E-state index is 12.2. The van der Waals surface area contributed by atoms with Crippen molar-refractivity contribution >= 4 is 17.6 Å². The summed E-state index contributed by atoms with van der Waals surface area (Å²) in [5, 5.41) is 7.05. The van der Waals surface area contributed by atoms with E-state index in [0.717, 1.165) is 16.9 Å². The zero-order valence-electron chi connectivity index (χ0n) is 15.2. The van der Waals surface area contributed by atoms with E-state index < -0.39 is 5.97 Å². The smallest absolute Gasteiger partial charge is 0.358 e. The Morgan fingerprint density at radius 2 is 1.89 bits per heavy atom. The third-order valence-corrected chi connectivity index (χ3v) is 3.83. The van der Waals surface area contributed by atoms with E-state index in [-0.39, 0.29) is 18.0 Å². The summed E-state index contributed by atoms with van der Waals surface area (Å²) in [5.41, 5.74) is 3.48. The quantitative estimate of drug-likeness (QED) is 0.680. The normalized spacial score (nSPS) is 10.4. The fourth-order valence-electron chi connectivity index (χ4n) is 2.47. The Kier molecular flexibility index (Phi) is 5.61. The Hall–Kier alpha value is -3.48. The molecule has 0 atom stereocenters. The summed E-state index contributed by atoms with van der Waals surface area (Å²) < 4.78 is 6.51. The SMILES string of the molecule is CCOC(=O)c1ccn(-c2ccc(NC(=O)Cc3ccc(C)nc3)cc2)n1. The largest absolute Gasteiger partial charge is 0.461 e. The Morgan fingerprint density at radius 3 is 2.56 bits per heavy atom. The van der Waals surface area contributed by atoms with Crippen LogP contribution in [0.15, 0.2) is 54.9 Å². The second-order valence-corrected chi connectivity index (χ2v) is 5.95. The molecule has 1 N–H and O–H groups in total. The number of hydrogen-bond acceptors (Lipinski definition) is 5. The Bertz CT molecular complexity index is 931. The predicted octanol–water partition coefficient (Wildman–Crippen LogP) is 2.93. The summed E-state index contributed by atoms with van der Waals surface area (Å²) in [4.78, 5) is 28.0. The summed E-state index contributed by atoms with van der Waals surface area (Å²) in [7, 11) is 0. The molecule has 0 bridgehead atoms. The van der Waals surface area contributed by atoms with Crippen LogP contribution in [0.2, 0.25) is 0 Å². The number of pyridine rings is 1. The number of nitrogens with one attached hydrogen (secondary N) is 1. The van der Waals surface area contributed by atoms with Crippen molar-refractivity contribution in [2.45, 2.75) is 20.3 Å². The third-order valence-electron chi connectivity index (χ3n) is 3.83. The molecule has 0 aliphatic heterocycles. The van der Waals surface area contributed by atoms with Gasteiger partial charge in [-0.3, -0.25) is 9.78 Å². The maximum Gasteiger partial charge on any atom is 0.358 e. The van der Waals surface area contributed by atoms with Gasteiger partial charge in [0.15, 0.2) is 5.69 Å². The molecule has 138 valence electrons. The van der Waals surface area contributed by atoms with Gasteiger partial charge >= 0.3 is 5.97 Å². The van der Waals surface area contributed by atoms with Crippen LogP contribution in [0, 0.1) is 6.92 Å². The van der Waals surface area contributed by atoms with Crippen LogP contribution in [0.3, 0.4) is 0 Å². The van der Waals surface area contributed by atoms with Gasteiger partial charge in [-0.1, -0.05) is 6.07 Å². The number of aryl methyl sites for hydroxylation is 1. The van der Waals surface area contributed by atoms with Gasteiger partial charge in [-0.2, -0.15) is 5.10 Å². The molecule has 3 rings (SSSR count). The van der Waals surface area contributed by atoms with Crippen LogP contribution in [0.1, 0.15) is 28.7 Å². The number of carbonyl (C=O) groups is 2. The fourth-order valence-corrected chi connectivity index (χ4v) is 2.47. The molecule has 7 nitrogen and oxygen atoms in total. The van der Waals surface area contributed by atoms with Crippen LogP contribution in [-0.2, 0) is 16.0 Å². The molecule has 2 aromatic heterocycles. The molecule has 27 heavy (non-hydrogen) atoms. The minimum atomic E-state index is -0.453. The van der Waals surface area contributed by atoms with Gasteiger partial charge in [0.1, 0.15) is 0 Å². The lowest BCUT2D eigenvalue weighted by molar-refractivity contribution is -0.115. The molecule has 0 saturated heterocycles. The van der Waals surface area contributed by atoms with Gasteiger partial charge < -0.3 is 10.1 Å². The van der Waals surface area contributed by atoms with Gasteiger partial charge in [0.2, 0.25) is 5.91 Å². The number of aromatic nitrogens is 3. The molecule has 0 aliphatic carbocycles. The number of rotatable bonds is 6. The molecule has 0 aliphatic rings. The number of esters is 1. The van der Waals surface area contributed by atoms with Gasteiger partial charge in [-0.05, 0) is 55.8 Å². The molecule has 0 unspecified atom stereocenters. The second kappa shape index (κ2) is 8.27. The second-order valence-electron chi connectivity index (χ2n) is 5.95. The Labute approximate surface area is 157 Å². The zero-order chi connectivity index (χ0) is 19.2. The molecule has 0 radical (unpaired) electrons. The lowest BCUT2D eigenvalue weighted by atomic mass is 10.2. The van der Waals surface area contributed by atoms with Crippen molar-refractivity contribution < 1.29 is 14.3 Å². The molecule has 7 heteroatoms. The number of benzene rings is 1. The molecule has 2 heterocycles. The van der Waals surface area contributed by atoms with Crippen molar-refractivity contribution in [1.82, 2.24) is 14.8 Å². The van der Waals surface area contributed by atoms with E-state index in [2.05, 4.69) is 15.4 Å². The zero-order valence-corrected chi connectivity index (χ0v) is 15.2. The van der Waals surface area contributed by atoms with Crippen molar-refractivity contribution in [3.05, 3.63) is 71.8 Å². The molecule has 0 saturated carbocycles. The minimum absolute atomic E-state index is 0.114. The van der Waals surface area contributed by atoms with Crippen molar-refractivity contribution in [2.75, 3.05) is 11.9 Å². The first-order chi connectivity index (χ1) is 13.0. The van der Waals surface area contributed by atoms with E-state index in [1.54, 1.807) is 42.2 Å². The first kappa shape index (κ1) is 18.3. The third kappa shape index (κ3) is 4.78. The summed E-state index contributed by atoms with van der Waals surface area (Å²) in [5.74, 6) is -0.567. The molecular weight excluding hydrogens is 344 g/mol. The summed E-state index contributed by atoms with van der Waals surface area (Å²) in [6, 6.07) is 12.6. The van der Waals surface area contributed by atoms with E-state index in [0.29, 0.717) is 12.3 Å². The topological polar surface area (TPSA) is 86.1 Å². The molecule has 0 spiro atoms. The number of hydrogen-bond donors (Lipinski definition) is 1. The lowest BCUT2D eigenvalue weighted by Crippen LogP contribution is -2.14. The van der Waals surface area contributed by atoms with Crippen molar-refractivity contribution in [3.63, 3.8) is 0 Å². The monoisotopic (exact) mass is 364 g/mol. The van der Waals surface area contributed by atoms with Crippen LogP contribution in [0.4, 0.5) is 5.69 Å². The van der Waals surface area contributed by atoms with Crippen LogP contribution < -0.4 is 5.32 Å². The molecule has 1 aromatic carbocycles. The number of anilines is 1. The van der Waals surface area contributed by atoms with Gasteiger partial charge in [0.05, 0.1) is 18.7 Å². The van der Waals surface area contributed by atoms with Crippen LogP contribution in [0.5, 0.6) is 0 Å². The minimum Gasteiger partial charge on any atom is -0.461 e. The van der Waals surface area contributed by atoms with E-state index in [9.17, 15) is 9.59 Å². The Morgan fingerprint density at radius 1 is 1.11 bits per heavy atom. The molecule has 3 aromatic rings. The first-order valence-electron chi connectivity index (χ1n) is 8.60. The van der Waals surface area contributed by atoms with Crippen molar-refractivity contribution in [3.8, 4) is 5.69 Å². The van der Waals surface area contributed by atoms with E-state index in [1.807, 2.05) is 31.2 Å². The lowest BCUT2D eigenvalue weighted by Gasteiger charge is -2.07. The fraction of sp³-hybridized carbons (Fsp3) is 0.200. The number of ether oxygens (including phenoxy) is 1. The molecule has 0 fully saturated rings. The highest BCUT2D eigenvalue weighted by atomic mass is 16.5. The summed E-state index contributed by atoms with van der Waals surface area (Å²) in [6.45, 7) is 3.96. The van der Waals surface area contributed by atoms with E-state index in [4.69, 9.17) is 4.74 Å². The van der Waals surface area contributed by atoms with Crippen LogP contribution in [0.25, 0.3) is 5.69 Å². The van der Waals surface area contributed by atoms with E-state index >= 15 is 0 Å². The van der Waals surface area contributed by atoms with Gasteiger partial charge in [-0.15, -0.1) is 0 Å². The molecular formula is C20H20N4O3. The average Bonchev–Trinajstić information content (AvgIpc) is 3.15. The summed E-state index contributed by atoms with van der Waals surface area (Å²) in [6.07, 6.45) is 3.65. The first-order valence-corrected chi connectivity index (χ1v) is 8.60. The maximum atomic E-state index is 12.2. The highest BCUT2D eigenvalue weighted by molar-refractivity contribution is 5.92. The van der Waals surface area contributed by atoms with Crippen LogP contribution in [-0.4, -0.2) is 33.2 Å². The highest BCUT2D eigenvalue weighted by Crippen LogP contribution is 2.14. The van der Waals surface area contributed by atoms with Gasteiger partial charge in [0, 0.05) is 23.8 Å². The summed E-state index contributed by atoms with van der Waals surface area (Å²) >= 11 is 0. The standard InChI is InChI=1S/C20H20N4O3/c1-3-27-20(26)18-10-11-24(23-18)17-8-6-16(7-9-17)22-19(25)12-15-5-4-14(2)21-13-15/h4-11,13H,3,12H2,1-2H3,(H,22,25). The highest BCUT2D eigenvalue weighted by Gasteiger charge is 2.11. The Balaban J connectivity index is 1.62. The number of carbonyl (C=O) groups excluding carboxylic acids is 2. The molecule has 1 amide bonds. The van der Waals surface area contributed by atoms with E-state index in [1.165, 1.54) is 0 Å².